The first-order valence-electron chi connectivity index (χ1n) is 9.22. The summed E-state index contributed by atoms with van der Waals surface area (Å²) in [5, 5.41) is 1.76. The quantitative estimate of drug-likeness (QED) is 0.393. The third-order valence-electron chi connectivity index (χ3n) is 4.52. The molecule has 6 nitrogen and oxygen atoms in total. The standard InChI is InChI=1S/C22H20N2O4S2/c1-27-20-11-9-18(10-12-20)22-23-19(16-28-22)15-24(14-17-6-3-2-4-7-17)30(25,26)21-8-5-13-29-21/h2-13,16H,14-15H2,1H3. The number of oxazole rings is 1. The van der Waals surface area contributed by atoms with E-state index in [0.29, 0.717) is 15.8 Å². The minimum atomic E-state index is -3.66. The van der Waals surface area contributed by atoms with Gasteiger partial charge in [-0.05, 0) is 41.3 Å². The summed E-state index contributed by atoms with van der Waals surface area (Å²) in [6.45, 7) is 0.348. The number of ether oxygens (including phenoxy) is 1. The second kappa shape index (κ2) is 8.83. The van der Waals surface area contributed by atoms with E-state index in [2.05, 4.69) is 4.98 Å². The molecule has 154 valence electrons. The Kier molecular flexibility index (Phi) is 5.98. The van der Waals surface area contributed by atoms with Gasteiger partial charge in [-0.25, -0.2) is 13.4 Å². The smallest absolute Gasteiger partial charge is 0.253 e. The van der Waals surface area contributed by atoms with Crippen LogP contribution in [0.4, 0.5) is 0 Å². The molecular formula is C22H20N2O4S2. The van der Waals surface area contributed by atoms with Gasteiger partial charge in [0.15, 0.2) is 0 Å². The second-order valence-corrected chi connectivity index (χ2v) is 9.68. The molecular weight excluding hydrogens is 420 g/mol. The van der Waals surface area contributed by atoms with Gasteiger partial charge in [0.2, 0.25) is 5.89 Å². The Balaban J connectivity index is 1.61. The van der Waals surface area contributed by atoms with Crippen LogP contribution in [0.25, 0.3) is 11.5 Å². The van der Waals surface area contributed by atoms with Crippen LogP contribution in [0.15, 0.2) is 87.0 Å². The number of nitrogens with zero attached hydrogens (tertiary/aromatic N) is 2. The zero-order valence-corrected chi connectivity index (χ0v) is 17.9. The molecule has 0 unspecified atom stereocenters. The monoisotopic (exact) mass is 440 g/mol. The van der Waals surface area contributed by atoms with E-state index in [0.717, 1.165) is 16.9 Å². The van der Waals surface area contributed by atoms with E-state index in [-0.39, 0.29) is 13.1 Å². The van der Waals surface area contributed by atoms with Gasteiger partial charge in [0.05, 0.1) is 19.3 Å². The average Bonchev–Trinajstić information content (AvgIpc) is 3.47. The van der Waals surface area contributed by atoms with E-state index in [9.17, 15) is 8.42 Å². The normalized spacial score (nSPS) is 11.7. The fraction of sp³-hybridized carbons (Fsp3) is 0.136. The molecule has 0 aliphatic carbocycles. The third kappa shape index (κ3) is 4.46. The molecule has 4 rings (SSSR count). The SMILES string of the molecule is COc1ccc(-c2nc(CN(Cc3ccccc3)S(=O)(=O)c3cccs3)co2)cc1. The highest BCUT2D eigenvalue weighted by molar-refractivity contribution is 7.91. The summed E-state index contributed by atoms with van der Waals surface area (Å²) in [7, 11) is -2.06. The molecule has 2 aromatic carbocycles. The van der Waals surface area contributed by atoms with Crippen molar-refractivity contribution in [2.45, 2.75) is 17.3 Å². The lowest BCUT2D eigenvalue weighted by atomic mass is 10.2. The fourth-order valence-corrected chi connectivity index (χ4v) is 5.52. The number of benzene rings is 2. The summed E-state index contributed by atoms with van der Waals surface area (Å²) in [6, 6.07) is 20.2. The second-order valence-electron chi connectivity index (χ2n) is 6.56. The number of hydrogen-bond donors (Lipinski definition) is 0. The van der Waals surface area contributed by atoms with Gasteiger partial charge in [0, 0.05) is 12.1 Å². The van der Waals surface area contributed by atoms with Gasteiger partial charge in [-0.15, -0.1) is 11.3 Å². The lowest BCUT2D eigenvalue weighted by molar-refractivity contribution is 0.397. The Morgan fingerprint density at radius 1 is 1.00 bits per heavy atom. The molecule has 0 saturated heterocycles. The Labute approximate surface area is 179 Å². The van der Waals surface area contributed by atoms with Gasteiger partial charge in [-0.1, -0.05) is 36.4 Å². The zero-order chi connectivity index (χ0) is 21.0. The van der Waals surface area contributed by atoms with Crippen molar-refractivity contribution in [1.29, 1.82) is 0 Å². The van der Waals surface area contributed by atoms with E-state index < -0.39 is 10.0 Å². The summed E-state index contributed by atoms with van der Waals surface area (Å²) < 4.78 is 38.9. The molecule has 30 heavy (non-hydrogen) atoms. The first kappa shape index (κ1) is 20.3. The van der Waals surface area contributed by atoms with E-state index >= 15 is 0 Å². The highest BCUT2D eigenvalue weighted by Gasteiger charge is 2.27. The highest BCUT2D eigenvalue weighted by Crippen LogP contribution is 2.26. The number of methoxy groups -OCH3 is 1. The number of hydrogen-bond acceptors (Lipinski definition) is 6. The minimum Gasteiger partial charge on any atom is -0.497 e. The Hall–Kier alpha value is -2.94. The van der Waals surface area contributed by atoms with E-state index in [1.54, 1.807) is 24.6 Å². The number of aromatic nitrogens is 1. The largest absolute Gasteiger partial charge is 0.497 e. The molecule has 0 fully saturated rings. The van der Waals surface area contributed by atoms with Crippen molar-refractivity contribution in [2.24, 2.45) is 0 Å². The summed E-state index contributed by atoms with van der Waals surface area (Å²) in [5.74, 6) is 1.17. The molecule has 0 bridgehead atoms. The lowest BCUT2D eigenvalue weighted by Crippen LogP contribution is -2.29. The molecule has 0 aliphatic rings. The van der Waals surface area contributed by atoms with Crippen molar-refractivity contribution in [3.8, 4) is 17.2 Å². The van der Waals surface area contributed by atoms with Crippen LogP contribution < -0.4 is 4.74 Å². The Bertz CT molecular complexity index is 1190. The number of rotatable bonds is 8. The predicted molar refractivity (Wildman–Crippen MR) is 116 cm³/mol. The van der Waals surface area contributed by atoms with Crippen LogP contribution in [0.3, 0.4) is 0 Å². The van der Waals surface area contributed by atoms with Crippen molar-refractivity contribution in [1.82, 2.24) is 9.29 Å². The summed E-state index contributed by atoms with van der Waals surface area (Å²) in [6.07, 6.45) is 1.50. The molecule has 2 aromatic heterocycles. The van der Waals surface area contributed by atoms with Crippen LogP contribution in [0.1, 0.15) is 11.3 Å². The van der Waals surface area contributed by atoms with Gasteiger partial charge >= 0.3 is 0 Å². The van der Waals surface area contributed by atoms with E-state index in [4.69, 9.17) is 9.15 Å². The van der Waals surface area contributed by atoms with Gasteiger partial charge in [-0.2, -0.15) is 4.31 Å². The first-order valence-corrected chi connectivity index (χ1v) is 11.5. The van der Waals surface area contributed by atoms with Crippen LogP contribution in [0, 0.1) is 0 Å². The molecule has 0 spiro atoms. The van der Waals surface area contributed by atoms with Crippen molar-refractivity contribution in [3.05, 3.63) is 89.6 Å². The molecule has 0 amide bonds. The Morgan fingerprint density at radius 2 is 1.77 bits per heavy atom. The molecule has 0 N–H and O–H groups in total. The van der Waals surface area contributed by atoms with Crippen LogP contribution in [-0.4, -0.2) is 24.8 Å². The summed E-state index contributed by atoms with van der Waals surface area (Å²) in [4.78, 5) is 4.50. The van der Waals surface area contributed by atoms with Crippen molar-refractivity contribution in [3.63, 3.8) is 0 Å². The van der Waals surface area contributed by atoms with Crippen molar-refractivity contribution >= 4 is 21.4 Å². The van der Waals surface area contributed by atoms with Crippen LogP contribution >= 0.6 is 11.3 Å². The lowest BCUT2D eigenvalue weighted by Gasteiger charge is -2.20. The molecule has 0 aliphatic heterocycles. The highest BCUT2D eigenvalue weighted by atomic mass is 32.2. The molecule has 0 radical (unpaired) electrons. The summed E-state index contributed by atoms with van der Waals surface area (Å²) >= 11 is 1.20. The van der Waals surface area contributed by atoms with Gasteiger partial charge in [-0.3, -0.25) is 0 Å². The van der Waals surface area contributed by atoms with Crippen LogP contribution in [-0.2, 0) is 23.1 Å². The number of sulfonamides is 1. The molecule has 0 saturated carbocycles. The molecule has 0 atom stereocenters. The average molecular weight is 441 g/mol. The van der Waals surface area contributed by atoms with Crippen LogP contribution in [0.2, 0.25) is 0 Å². The Morgan fingerprint density at radius 3 is 2.43 bits per heavy atom. The van der Waals surface area contributed by atoms with Crippen molar-refractivity contribution < 1.29 is 17.6 Å². The molecule has 4 aromatic rings. The van der Waals surface area contributed by atoms with Gasteiger partial charge < -0.3 is 9.15 Å². The maximum absolute atomic E-state index is 13.2. The van der Waals surface area contributed by atoms with E-state index in [1.807, 2.05) is 54.6 Å². The minimum absolute atomic E-state index is 0.106. The maximum Gasteiger partial charge on any atom is 0.253 e. The number of thiophene rings is 1. The van der Waals surface area contributed by atoms with Crippen molar-refractivity contribution in [2.75, 3.05) is 7.11 Å². The first-order chi connectivity index (χ1) is 14.6. The maximum atomic E-state index is 13.2. The fourth-order valence-electron chi connectivity index (χ4n) is 2.98. The molecule has 2 heterocycles. The summed E-state index contributed by atoms with van der Waals surface area (Å²) in [5.41, 5.74) is 2.23. The molecule has 8 heteroatoms. The van der Waals surface area contributed by atoms with Gasteiger partial charge in [0.25, 0.3) is 10.0 Å². The topological polar surface area (TPSA) is 72.6 Å². The predicted octanol–water partition coefficient (Wildman–Crippen LogP) is 4.80. The van der Waals surface area contributed by atoms with E-state index in [1.165, 1.54) is 21.9 Å². The zero-order valence-electron chi connectivity index (χ0n) is 16.3. The van der Waals surface area contributed by atoms with Crippen LogP contribution in [0.5, 0.6) is 5.75 Å². The third-order valence-corrected chi connectivity index (χ3v) is 7.68. The van der Waals surface area contributed by atoms with Gasteiger partial charge in [0.1, 0.15) is 16.2 Å².